The quantitative estimate of drug-likeness (QED) is 0.0770. The van der Waals surface area contributed by atoms with Crippen LogP contribution in [0.5, 0.6) is 11.8 Å². The molecular weight excluding hydrogens is 955 g/mol. The molecule has 20 heteroatoms. The summed E-state index contributed by atoms with van der Waals surface area (Å²) in [7, 11) is 2.00. The van der Waals surface area contributed by atoms with Gasteiger partial charge < -0.3 is 39.1 Å². The Bertz CT molecular complexity index is 2770. The molecule has 0 radical (unpaired) electrons. The monoisotopic (exact) mass is 1010 g/mol. The van der Waals surface area contributed by atoms with E-state index >= 15 is 8.78 Å². The number of benzene rings is 3. The van der Waals surface area contributed by atoms with Gasteiger partial charge in [-0.15, -0.1) is 0 Å². The van der Waals surface area contributed by atoms with Crippen molar-refractivity contribution in [1.29, 1.82) is 5.26 Å². The van der Waals surface area contributed by atoms with Crippen LogP contribution in [-0.4, -0.2) is 143 Å². The smallest absolute Gasteiger partial charge is 0.407 e. The molecule has 16 nitrogen and oxygen atoms in total. The summed E-state index contributed by atoms with van der Waals surface area (Å²) in [6, 6.07) is 9.21. The van der Waals surface area contributed by atoms with Crippen molar-refractivity contribution in [2.75, 3.05) is 71.0 Å². The van der Waals surface area contributed by atoms with Gasteiger partial charge in [0.2, 0.25) is 11.8 Å². The van der Waals surface area contributed by atoms with Crippen LogP contribution in [0.3, 0.4) is 0 Å². The van der Waals surface area contributed by atoms with Crippen LogP contribution in [-0.2, 0) is 16.1 Å². The molecule has 382 valence electrons. The summed E-state index contributed by atoms with van der Waals surface area (Å²) in [6.07, 6.45) is 7.18. The topological polar surface area (TPSA) is 185 Å². The molecule has 4 saturated heterocycles. The van der Waals surface area contributed by atoms with Gasteiger partial charge in [-0.25, -0.2) is 18.0 Å². The number of carboxylic acid groups (broad SMARTS) is 1. The van der Waals surface area contributed by atoms with Crippen LogP contribution >= 0.6 is 11.6 Å². The Labute approximate surface area is 421 Å². The minimum atomic E-state index is -1.14. The largest absolute Gasteiger partial charge is 0.493 e. The molecule has 1 aromatic heterocycles. The fraction of sp³-hybridized carbons (Fsp3) is 0.519. The number of nitrogens with zero attached hydrogens (tertiary/aromatic N) is 8. The van der Waals surface area contributed by atoms with Gasteiger partial charge in [-0.3, -0.25) is 19.7 Å². The Morgan fingerprint density at radius 2 is 1.72 bits per heavy atom. The third kappa shape index (κ3) is 10.8. The molecule has 4 aromatic rings. The van der Waals surface area contributed by atoms with E-state index in [0.29, 0.717) is 12.0 Å². The number of fused-ring (bicyclic) bond motifs is 2. The molecule has 5 aliphatic heterocycles. The summed E-state index contributed by atoms with van der Waals surface area (Å²) in [6.45, 7) is 4.60. The minimum absolute atomic E-state index is 0.0623. The number of piperidine rings is 2. The molecule has 4 fully saturated rings. The van der Waals surface area contributed by atoms with Crippen LogP contribution < -0.4 is 19.7 Å². The summed E-state index contributed by atoms with van der Waals surface area (Å²) in [5.41, 5.74) is 1.38. The van der Waals surface area contributed by atoms with Crippen molar-refractivity contribution in [1.82, 2.24) is 34.9 Å². The van der Waals surface area contributed by atoms with Crippen LogP contribution in [0.1, 0.15) is 104 Å². The zero-order valence-electron chi connectivity index (χ0n) is 40.3. The molecule has 6 heterocycles. The number of nitrogens with one attached hydrogen (secondary N) is 1. The molecule has 0 aliphatic carbocycles. The lowest BCUT2D eigenvalue weighted by Gasteiger charge is -2.40. The molecule has 9 rings (SSSR count). The zero-order chi connectivity index (χ0) is 50.6. The molecule has 2 N–H and O–H groups in total. The van der Waals surface area contributed by atoms with E-state index in [1.807, 2.05) is 7.05 Å². The highest BCUT2D eigenvalue weighted by Crippen LogP contribution is 2.44. The molecule has 3 aromatic carbocycles. The number of hydrogen-bond donors (Lipinski definition) is 2. The average Bonchev–Trinajstić information content (AvgIpc) is 3.93. The number of hydrogen-bond acceptors (Lipinski definition) is 12. The highest BCUT2D eigenvalue weighted by Gasteiger charge is 2.41. The first-order valence-electron chi connectivity index (χ1n) is 25.0. The van der Waals surface area contributed by atoms with E-state index in [1.165, 1.54) is 40.1 Å². The van der Waals surface area contributed by atoms with E-state index in [4.69, 9.17) is 26.1 Å². The van der Waals surface area contributed by atoms with Crippen molar-refractivity contribution < 1.29 is 46.9 Å². The average molecular weight is 1010 g/mol. The summed E-state index contributed by atoms with van der Waals surface area (Å²) in [5.74, 6) is -2.85. The lowest BCUT2D eigenvalue weighted by Crippen LogP contribution is -2.55. The summed E-state index contributed by atoms with van der Waals surface area (Å²) in [5, 5.41) is 21.8. The Kier molecular flexibility index (Phi) is 15.7. The van der Waals surface area contributed by atoms with Gasteiger partial charge in [-0.1, -0.05) is 36.9 Å². The van der Waals surface area contributed by atoms with E-state index in [0.717, 1.165) is 88.7 Å². The number of rotatable bonds is 17. The fourth-order valence-corrected chi connectivity index (χ4v) is 11.4. The number of nitriles is 1. The SMILES string of the molecule is CN1CCC[C@H]1COc1nc(N2CCN(C(=O)O)C(CC#N)C2)c2cc(Cl)c(-c3c(F)cccc3OCCCCCCCN3CCC(c4cc(F)cc5c4CN(C4CCC(=O)NC4=O)C5=O)CC3)c(F)c2n1. The lowest BCUT2D eigenvalue weighted by molar-refractivity contribution is -0.136. The molecule has 72 heavy (non-hydrogen) atoms. The number of likely N-dealkylation sites (tertiary alicyclic amines) is 2. The predicted molar refractivity (Wildman–Crippen MR) is 261 cm³/mol. The van der Waals surface area contributed by atoms with E-state index in [1.54, 1.807) is 11.0 Å². The lowest BCUT2D eigenvalue weighted by atomic mass is 9.85. The van der Waals surface area contributed by atoms with Crippen molar-refractivity contribution in [3.8, 4) is 29.0 Å². The van der Waals surface area contributed by atoms with Crippen LogP contribution in [0, 0.1) is 28.8 Å². The van der Waals surface area contributed by atoms with Gasteiger partial charge >= 0.3 is 12.1 Å². The number of amides is 4. The number of ether oxygens (including phenoxy) is 2. The van der Waals surface area contributed by atoms with Gasteiger partial charge in [0.25, 0.3) is 5.91 Å². The fourth-order valence-electron chi connectivity index (χ4n) is 11.1. The number of halogens is 4. The first kappa shape index (κ1) is 50.7. The molecule has 5 aliphatic rings. The standard InChI is InChI=1S/C52H59ClF3N9O7/c1-61-18-8-9-34(61)30-72-51-59-47-37(48(60-51)63-22-23-64(52(69)70)33(28-63)14-17-57)27-39(53)44(46(47)56)45-40(55)10-7-11-42(45)71-24-6-4-2-3-5-19-62-20-15-31(16-21-62)35-25-32(54)26-36-38(35)29-65(50(36)68)41-12-13-43(66)58-49(41)67/h7,10-11,25-27,31,33-34,41H,2-6,8-9,12-16,18-24,28-30H2,1H3,(H,69,70)(H,58,66,67)/t33?,34-,41?/m0/s1. The number of imide groups is 1. The molecular formula is C52H59ClF3N9O7. The highest BCUT2D eigenvalue weighted by atomic mass is 35.5. The first-order chi connectivity index (χ1) is 34.8. The van der Waals surface area contributed by atoms with Crippen LogP contribution in [0.4, 0.5) is 23.8 Å². The Balaban J connectivity index is 0.800. The normalized spacial score (nSPS) is 21.1. The number of carbonyl (C=O) groups is 4. The van der Waals surface area contributed by atoms with E-state index in [9.17, 15) is 33.9 Å². The van der Waals surface area contributed by atoms with Crippen molar-refractivity contribution in [2.24, 2.45) is 0 Å². The van der Waals surface area contributed by atoms with Crippen LogP contribution in [0.15, 0.2) is 36.4 Å². The molecule has 0 bridgehead atoms. The maximum absolute atomic E-state index is 17.2. The number of aromatic nitrogens is 2. The minimum Gasteiger partial charge on any atom is -0.493 e. The second-order valence-electron chi connectivity index (χ2n) is 19.6. The number of unbranched alkanes of at least 4 members (excludes halogenated alkanes) is 4. The molecule has 0 spiro atoms. The van der Waals surface area contributed by atoms with E-state index in [-0.39, 0.29) is 127 Å². The second kappa shape index (κ2) is 22.3. The van der Waals surface area contributed by atoms with E-state index in [2.05, 4.69) is 26.2 Å². The Morgan fingerprint density at radius 3 is 2.47 bits per heavy atom. The third-order valence-corrected chi connectivity index (χ3v) is 15.4. The number of anilines is 1. The number of piperazine rings is 1. The van der Waals surface area contributed by atoms with Crippen molar-refractivity contribution >= 4 is 52.1 Å². The van der Waals surface area contributed by atoms with Gasteiger partial charge in [-0.2, -0.15) is 15.2 Å². The second-order valence-corrected chi connectivity index (χ2v) is 20.0. The molecule has 4 amide bonds. The maximum Gasteiger partial charge on any atom is 0.407 e. The van der Waals surface area contributed by atoms with Crippen LogP contribution in [0.25, 0.3) is 22.0 Å². The molecule has 3 atom stereocenters. The Hall–Kier alpha value is -6.23. The van der Waals surface area contributed by atoms with Crippen molar-refractivity contribution in [2.45, 2.75) is 108 Å². The van der Waals surface area contributed by atoms with Gasteiger partial charge in [0.15, 0.2) is 5.82 Å². The third-order valence-electron chi connectivity index (χ3n) is 15.1. The summed E-state index contributed by atoms with van der Waals surface area (Å²) in [4.78, 5) is 68.0. The van der Waals surface area contributed by atoms with E-state index < -0.39 is 41.5 Å². The maximum atomic E-state index is 17.2. The summed E-state index contributed by atoms with van der Waals surface area (Å²) >= 11 is 6.88. The van der Waals surface area contributed by atoms with Crippen molar-refractivity contribution in [3.63, 3.8) is 0 Å². The van der Waals surface area contributed by atoms with Gasteiger partial charge in [0, 0.05) is 55.2 Å². The van der Waals surface area contributed by atoms with Gasteiger partial charge in [-0.05, 0) is 126 Å². The van der Waals surface area contributed by atoms with Gasteiger partial charge in [0.05, 0.1) is 35.7 Å². The zero-order valence-corrected chi connectivity index (χ0v) is 41.1. The Morgan fingerprint density at radius 1 is 0.931 bits per heavy atom. The highest BCUT2D eigenvalue weighted by molar-refractivity contribution is 6.34. The number of carbonyl (C=O) groups excluding carboxylic acids is 3. The first-order valence-corrected chi connectivity index (χ1v) is 25.4. The molecule has 2 unspecified atom stereocenters. The van der Waals surface area contributed by atoms with Crippen molar-refractivity contribution in [3.05, 3.63) is 75.6 Å². The van der Waals surface area contributed by atoms with Crippen LogP contribution in [0.2, 0.25) is 5.02 Å². The van der Waals surface area contributed by atoms with Gasteiger partial charge in [0.1, 0.15) is 41.4 Å². The predicted octanol–water partition coefficient (Wildman–Crippen LogP) is 7.89. The summed E-state index contributed by atoms with van der Waals surface area (Å²) < 4.78 is 60.3. The molecule has 0 saturated carbocycles. The number of likely N-dealkylation sites (N-methyl/N-ethyl adjacent to an activating group) is 1.